The smallest absolute Gasteiger partial charge is 0.240 e. The monoisotopic (exact) mass is 936 g/mol. The van der Waals surface area contributed by atoms with Gasteiger partial charge in [0.1, 0.15) is 28.5 Å². The van der Waals surface area contributed by atoms with Crippen molar-refractivity contribution in [2.75, 3.05) is 66.7 Å². The first-order valence-electron chi connectivity index (χ1n) is 24.2. The van der Waals surface area contributed by atoms with E-state index >= 15 is 0 Å². The van der Waals surface area contributed by atoms with Gasteiger partial charge in [0, 0.05) is 86.3 Å². The Morgan fingerprint density at radius 1 is 0.826 bits per heavy atom. The lowest BCUT2D eigenvalue weighted by molar-refractivity contribution is -0.134. The summed E-state index contributed by atoms with van der Waals surface area (Å²) in [4.78, 5) is 74.7. The topological polar surface area (TPSA) is 186 Å². The SMILES string of the molecule is O=C(CCCN1C[C@@H]2C[C@H]1CN2CC1CCN(c2cc3nccc(Oc4ccc(NC(=O)C5(C(=O)Nc6ccc(F)cc6)CC5)cc4)c3cc2O)CC1)CNc1ccc(C2CCC(=O)NC2=O)cc1. The van der Waals surface area contributed by atoms with E-state index in [4.69, 9.17) is 4.74 Å². The van der Waals surface area contributed by atoms with Crippen molar-refractivity contribution in [1.82, 2.24) is 20.1 Å². The van der Waals surface area contributed by atoms with E-state index < -0.39 is 23.0 Å². The van der Waals surface area contributed by atoms with Crippen molar-refractivity contribution >= 4 is 63.1 Å². The second kappa shape index (κ2) is 19.6. The third-order valence-electron chi connectivity index (χ3n) is 14.7. The van der Waals surface area contributed by atoms with Gasteiger partial charge in [-0.25, -0.2) is 4.39 Å². The van der Waals surface area contributed by atoms with Gasteiger partial charge in [0.15, 0.2) is 5.78 Å². The number of likely N-dealkylation sites (tertiary alicyclic amines) is 2. The number of halogens is 1. The predicted octanol–water partition coefficient (Wildman–Crippen LogP) is 7.19. The number of rotatable bonds is 17. The van der Waals surface area contributed by atoms with Crippen LogP contribution in [0.1, 0.15) is 69.3 Å². The number of nitrogens with one attached hydrogen (secondary N) is 4. The number of nitrogens with zero attached hydrogens (tertiary/aromatic N) is 4. The van der Waals surface area contributed by atoms with Crippen molar-refractivity contribution in [3.8, 4) is 17.2 Å². The molecule has 1 unspecified atom stereocenters. The summed E-state index contributed by atoms with van der Waals surface area (Å²) in [5.74, 6) is -0.0642. The third-order valence-corrected chi connectivity index (χ3v) is 14.7. The summed E-state index contributed by atoms with van der Waals surface area (Å²) in [6, 6.07) is 26.3. The number of imide groups is 1. The fourth-order valence-corrected chi connectivity index (χ4v) is 10.6. The first kappa shape index (κ1) is 45.9. The zero-order valence-corrected chi connectivity index (χ0v) is 38.4. The molecule has 1 aliphatic carbocycles. The minimum absolute atomic E-state index is 0.169. The molecule has 4 amide bonds. The third kappa shape index (κ3) is 10.3. The first-order chi connectivity index (χ1) is 33.5. The molecule has 4 aromatic carbocycles. The van der Waals surface area contributed by atoms with Gasteiger partial charge >= 0.3 is 0 Å². The summed E-state index contributed by atoms with van der Waals surface area (Å²) in [6.45, 7) is 6.07. The van der Waals surface area contributed by atoms with Crippen LogP contribution in [-0.4, -0.2) is 107 Å². The summed E-state index contributed by atoms with van der Waals surface area (Å²) >= 11 is 0. The van der Waals surface area contributed by atoms with Crippen LogP contribution in [0.5, 0.6) is 17.2 Å². The Kier molecular flexibility index (Phi) is 13.0. The Morgan fingerprint density at radius 3 is 2.16 bits per heavy atom. The van der Waals surface area contributed by atoms with E-state index in [0.717, 1.165) is 75.5 Å². The number of hydrogen-bond acceptors (Lipinski definition) is 12. The highest BCUT2D eigenvalue weighted by Crippen LogP contribution is 2.48. The number of pyridine rings is 1. The number of ether oxygens (including phenoxy) is 1. The molecule has 15 nitrogen and oxygen atoms in total. The number of phenols is 1. The number of hydrogen-bond donors (Lipinski definition) is 5. The van der Waals surface area contributed by atoms with Crippen LogP contribution in [0.3, 0.4) is 0 Å². The minimum atomic E-state index is -1.18. The van der Waals surface area contributed by atoms with E-state index in [-0.39, 0.29) is 35.8 Å². The average molecular weight is 937 g/mol. The van der Waals surface area contributed by atoms with Crippen LogP contribution in [0.4, 0.5) is 27.1 Å². The predicted molar refractivity (Wildman–Crippen MR) is 260 cm³/mol. The van der Waals surface area contributed by atoms with Gasteiger partial charge in [-0.1, -0.05) is 12.1 Å². The molecule has 69 heavy (non-hydrogen) atoms. The highest BCUT2D eigenvalue weighted by Gasteiger charge is 2.56. The van der Waals surface area contributed by atoms with Crippen molar-refractivity contribution in [3.63, 3.8) is 0 Å². The molecule has 3 atom stereocenters. The van der Waals surface area contributed by atoms with Crippen LogP contribution in [0.15, 0.2) is 97.2 Å². The van der Waals surface area contributed by atoms with Gasteiger partial charge in [-0.05, 0) is 142 Å². The molecule has 358 valence electrons. The Bertz CT molecular complexity index is 2740. The van der Waals surface area contributed by atoms with Crippen LogP contribution in [0.2, 0.25) is 0 Å². The Hall–Kier alpha value is -6.91. The van der Waals surface area contributed by atoms with Crippen molar-refractivity contribution in [1.29, 1.82) is 0 Å². The van der Waals surface area contributed by atoms with Crippen molar-refractivity contribution in [2.45, 2.75) is 75.8 Å². The maximum atomic E-state index is 13.3. The van der Waals surface area contributed by atoms with Crippen molar-refractivity contribution in [3.05, 3.63) is 109 Å². The van der Waals surface area contributed by atoms with Gasteiger partial charge in [-0.3, -0.25) is 44.1 Å². The second-order valence-corrected chi connectivity index (χ2v) is 19.3. The molecular weight excluding hydrogens is 880 g/mol. The first-order valence-corrected chi connectivity index (χ1v) is 24.2. The summed E-state index contributed by atoms with van der Waals surface area (Å²) < 4.78 is 19.6. The number of anilines is 4. The van der Waals surface area contributed by atoms with E-state index in [1.165, 1.54) is 30.7 Å². The van der Waals surface area contributed by atoms with Gasteiger partial charge in [-0.2, -0.15) is 0 Å². The number of Topliss-reactive ketones (excluding diaryl/α,β-unsaturated/α-hetero) is 1. The number of piperidine rings is 2. The maximum absolute atomic E-state index is 13.3. The molecule has 10 rings (SSSR count). The van der Waals surface area contributed by atoms with Crippen LogP contribution in [0, 0.1) is 17.2 Å². The number of ketones is 1. The van der Waals surface area contributed by atoms with Crippen molar-refractivity contribution < 1.29 is 38.2 Å². The van der Waals surface area contributed by atoms with Gasteiger partial charge < -0.3 is 30.7 Å². The largest absolute Gasteiger partial charge is 0.506 e. The molecule has 1 saturated carbocycles. The summed E-state index contributed by atoms with van der Waals surface area (Å²) in [5, 5.41) is 23.2. The van der Waals surface area contributed by atoms with Gasteiger partial charge in [-0.15, -0.1) is 0 Å². The minimum Gasteiger partial charge on any atom is -0.506 e. The standard InChI is InChI=1S/C53H57FN8O7/c54-35-5-9-37(10-6-35)57-51(67)53(20-21-53)52(68)58-38-11-13-42(14-12-38)69-48-17-22-55-45-28-46(47(64)27-44(45)48)60-24-18-33(19-25-60)30-62-32-39-26-40(62)31-61(39)23-1-2-41(63)29-56-36-7-3-34(4-8-36)43-15-16-49(65)59-50(43)66/h3-14,17,22,27-28,33,39-40,43,56,64H,1-2,15-16,18-21,23-26,29-32H2,(H,57,67)(H,58,68)(H,59,65,66)/t39-,40-,43?/m0/s1. The Labute approximate surface area is 399 Å². The molecular formula is C53H57FN8O7. The number of aromatic hydroxyl groups is 1. The summed E-state index contributed by atoms with van der Waals surface area (Å²) in [5.41, 5.74) is 2.93. The molecule has 16 heteroatoms. The molecule has 1 aromatic heterocycles. The normalized spacial score (nSPS) is 21.2. The van der Waals surface area contributed by atoms with Gasteiger partial charge in [0.2, 0.25) is 23.6 Å². The lowest BCUT2D eigenvalue weighted by Gasteiger charge is -2.39. The molecule has 4 aliphatic heterocycles. The van der Waals surface area contributed by atoms with Crippen LogP contribution in [-0.2, 0) is 24.0 Å². The summed E-state index contributed by atoms with van der Waals surface area (Å²) in [7, 11) is 0. The number of fused-ring (bicyclic) bond motifs is 3. The molecule has 5 heterocycles. The van der Waals surface area contributed by atoms with Crippen LogP contribution in [0.25, 0.3) is 10.9 Å². The Morgan fingerprint density at radius 2 is 1.49 bits per heavy atom. The second-order valence-electron chi connectivity index (χ2n) is 19.3. The van der Waals surface area contributed by atoms with E-state index in [2.05, 4.69) is 41.0 Å². The number of carbonyl (C=O) groups excluding carboxylic acids is 5. The summed E-state index contributed by atoms with van der Waals surface area (Å²) in [6.07, 6.45) is 7.99. The number of aromatic nitrogens is 1. The quantitative estimate of drug-likeness (QED) is 0.0468. The lowest BCUT2D eigenvalue weighted by atomic mass is 9.90. The van der Waals surface area contributed by atoms with E-state index in [9.17, 15) is 33.5 Å². The number of amides is 4. The number of benzene rings is 4. The number of piperazine rings is 1. The highest BCUT2D eigenvalue weighted by molar-refractivity contribution is 6.17. The number of carbonyl (C=O) groups is 5. The fraction of sp³-hybridized carbons (Fsp3) is 0.396. The number of phenolic OH excluding ortho intramolecular Hbond substituents is 1. The lowest BCUT2D eigenvalue weighted by Crippen LogP contribution is -2.49. The van der Waals surface area contributed by atoms with E-state index in [1.807, 2.05) is 30.3 Å². The molecule has 5 N–H and O–H groups in total. The molecule has 4 saturated heterocycles. The molecule has 5 aromatic rings. The zero-order valence-electron chi connectivity index (χ0n) is 38.4. The Balaban J connectivity index is 0.646. The fourth-order valence-electron chi connectivity index (χ4n) is 10.6. The average Bonchev–Trinajstić information content (AvgIpc) is 3.96. The molecule has 2 bridgehead atoms. The van der Waals surface area contributed by atoms with Gasteiger partial charge in [0.05, 0.1) is 23.7 Å². The molecule has 0 spiro atoms. The van der Waals surface area contributed by atoms with Crippen LogP contribution < -0.4 is 30.9 Å². The van der Waals surface area contributed by atoms with Gasteiger partial charge in [0.25, 0.3) is 0 Å². The maximum Gasteiger partial charge on any atom is 0.240 e. The van der Waals surface area contributed by atoms with Crippen LogP contribution >= 0.6 is 0 Å². The zero-order chi connectivity index (χ0) is 47.6. The molecule has 5 aliphatic rings. The molecule has 5 fully saturated rings. The van der Waals surface area contributed by atoms with E-state index in [0.29, 0.717) is 83.9 Å². The van der Waals surface area contributed by atoms with E-state index in [1.54, 1.807) is 42.6 Å². The van der Waals surface area contributed by atoms with Crippen molar-refractivity contribution in [2.24, 2.45) is 11.3 Å². The highest BCUT2D eigenvalue weighted by atomic mass is 19.1. The molecule has 0 radical (unpaired) electrons.